The highest BCUT2D eigenvalue weighted by atomic mass is 19.1. The van der Waals surface area contributed by atoms with Crippen LogP contribution in [-0.2, 0) is 9.53 Å². The quantitative estimate of drug-likeness (QED) is 0.811. The maximum Gasteiger partial charge on any atom is 0.274 e. The highest BCUT2D eigenvalue weighted by Crippen LogP contribution is 2.25. The normalized spacial score (nSPS) is 16.0. The molecule has 0 saturated carbocycles. The molecule has 7 heteroatoms. The molecule has 1 saturated heterocycles. The van der Waals surface area contributed by atoms with Crippen molar-refractivity contribution in [1.82, 2.24) is 10.3 Å². The van der Waals surface area contributed by atoms with Gasteiger partial charge in [0.2, 0.25) is 0 Å². The number of hydrogen-bond donors (Lipinski definition) is 2. The fourth-order valence-electron chi connectivity index (χ4n) is 2.05. The van der Waals surface area contributed by atoms with Crippen molar-refractivity contribution in [2.45, 2.75) is 6.10 Å². The van der Waals surface area contributed by atoms with Crippen LogP contribution in [0, 0.1) is 5.82 Å². The Labute approximate surface area is 130 Å². The summed E-state index contributed by atoms with van der Waals surface area (Å²) in [6.07, 6.45) is 0.919. The van der Waals surface area contributed by atoms with Crippen LogP contribution in [0.25, 0.3) is 11.1 Å². The Kier molecular flexibility index (Phi) is 4.03. The molecule has 1 aromatic heterocycles. The van der Waals surface area contributed by atoms with Crippen LogP contribution in [0.15, 0.2) is 36.5 Å². The van der Waals surface area contributed by atoms with E-state index in [9.17, 15) is 19.1 Å². The highest BCUT2D eigenvalue weighted by Gasteiger charge is 2.31. The number of benzene rings is 1. The van der Waals surface area contributed by atoms with E-state index < -0.39 is 17.8 Å². The number of epoxide rings is 1. The standard InChI is InChI=1S/C16H13FN2O4/c17-11-3-1-2-9(4-11)10-5-12(20)15(18-6-10)16(22)19-7-13(21)14-8-23-14/h1-6,14,20H,7-8H2,(H,19,22). The lowest BCUT2D eigenvalue weighted by Crippen LogP contribution is -2.32. The molecule has 1 fully saturated rings. The minimum Gasteiger partial charge on any atom is -0.505 e. The minimum absolute atomic E-state index is 0.184. The Morgan fingerprint density at radius 2 is 2.13 bits per heavy atom. The van der Waals surface area contributed by atoms with Crippen LogP contribution in [0.4, 0.5) is 4.39 Å². The number of carbonyl (C=O) groups excluding carboxylic acids is 2. The first-order valence-corrected chi connectivity index (χ1v) is 6.92. The van der Waals surface area contributed by atoms with Crippen molar-refractivity contribution in [2.24, 2.45) is 0 Å². The number of aromatic nitrogens is 1. The average molecular weight is 316 g/mol. The van der Waals surface area contributed by atoms with E-state index in [1.54, 1.807) is 6.07 Å². The minimum atomic E-state index is -0.665. The van der Waals surface area contributed by atoms with Gasteiger partial charge in [0.1, 0.15) is 17.7 Å². The number of ether oxygens (including phenoxy) is 1. The molecule has 1 amide bonds. The molecule has 0 spiro atoms. The number of nitrogens with one attached hydrogen (secondary N) is 1. The average Bonchev–Trinajstić information content (AvgIpc) is 3.37. The van der Waals surface area contributed by atoms with Crippen molar-refractivity contribution in [3.05, 3.63) is 48.0 Å². The SMILES string of the molecule is O=C(NCC(=O)C1CO1)c1ncc(-c2cccc(F)c2)cc1O. The molecule has 1 unspecified atom stereocenters. The molecule has 2 heterocycles. The number of nitrogens with zero attached hydrogens (tertiary/aromatic N) is 1. The molecule has 1 aliphatic rings. The summed E-state index contributed by atoms with van der Waals surface area (Å²) in [5, 5.41) is 12.3. The zero-order chi connectivity index (χ0) is 16.4. The fourth-order valence-corrected chi connectivity index (χ4v) is 2.05. The topological polar surface area (TPSA) is 91.8 Å². The van der Waals surface area contributed by atoms with Crippen molar-refractivity contribution in [1.29, 1.82) is 0 Å². The van der Waals surface area contributed by atoms with Crippen LogP contribution in [0.5, 0.6) is 5.75 Å². The molecule has 23 heavy (non-hydrogen) atoms. The maximum atomic E-state index is 13.2. The van der Waals surface area contributed by atoms with Crippen LogP contribution in [0.1, 0.15) is 10.5 Å². The molecule has 2 aromatic rings. The Morgan fingerprint density at radius 3 is 2.78 bits per heavy atom. The van der Waals surface area contributed by atoms with E-state index in [0.29, 0.717) is 17.7 Å². The van der Waals surface area contributed by atoms with Crippen molar-refractivity contribution in [3.63, 3.8) is 0 Å². The van der Waals surface area contributed by atoms with E-state index in [1.165, 1.54) is 30.5 Å². The van der Waals surface area contributed by atoms with Gasteiger partial charge in [0.05, 0.1) is 13.2 Å². The predicted octanol–water partition coefficient (Wildman–Crippen LogP) is 1.29. The van der Waals surface area contributed by atoms with Gasteiger partial charge in [-0.15, -0.1) is 0 Å². The number of rotatable bonds is 5. The molecular formula is C16H13FN2O4. The summed E-state index contributed by atoms with van der Waals surface area (Å²) in [6, 6.07) is 7.12. The van der Waals surface area contributed by atoms with Crippen molar-refractivity contribution in [2.75, 3.05) is 13.2 Å². The van der Waals surface area contributed by atoms with Crippen LogP contribution in [0.2, 0.25) is 0 Å². The summed E-state index contributed by atoms with van der Waals surface area (Å²) in [5.74, 6) is -1.65. The van der Waals surface area contributed by atoms with Gasteiger partial charge in [0, 0.05) is 11.8 Å². The first-order valence-electron chi connectivity index (χ1n) is 6.92. The third-order valence-corrected chi connectivity index (χ3v) is 3.36. The predicted molar refractivity (Wildman–Crippen MR) is 78.4 cm³/mol. The van der Waals surface area contributed by atoms with E-state index >= 15 is 0 Å². The Bertz CT molecular complexity index is 774. The number of aromatic hydroxyl groups is 1. The molecule has 0 bridgehead atoms. The van der Waals surface area contributed by atoms with Crippen molar-refractivity contribution < 1.29 is 23.8 Å². The first-order chi connectivity index (χ1) is 11.0. The third-order valence-electron chi connectivity index (χ3n) is 3.36. The lowest BCUT2D eigenvalue weighted by Gasteiger charge is -2.07. The van der Waals surface area contributed by atoms with Crippen LogP contribution >= 0.6 is 0 Å². The Hall–Kier alpha value is -2.80. The van der Waals surface area contributed by atoms with Gasteiger partial charge in [-0.1, -0.05) is 12.1 Å². The number of Topliss-reactive ketones (excluding diaryl/α,β-unsaturated/α-hetero) is 1. The van der Waals surface area contributed by atoms with Crippen LogP contribution < -0.4 is 5.32 Å². The lowest BCUT2D eigenvalue weighted by molar-refractivity contribution is -0.119. The van der Waals surface area contributed by atoms with E-state index in [0.717, 1.165) is 0 Å². The maximum absolute atomic E-state index is 13.2. The van der Waals surface area contributed by atoms with Gasteiger partial charge in [0.15, 0.2) is 11.5 Å². The summed E-state index contributed by atoms with van der Waals surface area (Å²) < 4.78 is 18.0. The Morgan fingerprint density at radius 1 is 1.35 bits per heavy atom. The highest BCUT2D eigenvalue weighted by molar-refractivity contribution is 5.98. The number of amides is 1. The van der Waals surface area contributed by atoms with E-state index in [-0.39, 0.29) is 23.8 Å². The third kappa shape index (κ3) is 3.51. The molecule has 0 radical (unpaired) electrons. The lowest BCUT2D eigenvalue weighted by atomic mass is 10.1. The monoisotopic (exact) mass is 316 g/mol. The molecule has 118 valence electrons. The number of hydrogen-bond acceptors (Lipinski definition) is 5. The van der Waals surface area contributed by atoms with Crippen LogP contribution in [-0.4, -0.2) is 41.0 Å². The number of ketones is 1. The number of halogens is 1. The second-order valence-corrected chi connectivity index (χ2v) is 5.07. The molecule has 2 N–H and O–H groups in total. The van der Waals surface area contributed by atoms with E-state index in [4.69, 9.17) is 4.74 Å². The molecule has 0 aliphatic carbocycles. The summed E-state index contributed by atoms with van der Waals surface area (Å²) in [7, 11) is 0. The zero-order valence-electron chi connectivity index (χ0n) is 12.0. The first kappa shape index (κ1) is 15.1. The zero-order valence-corrected chi connectivity index (χ0v) is 12.0. The van der Waals surface area contributed by atoms with Gasteiger partial charge >= 0.3 is 0 Å². The smallest absolute Gasteiger partial charge is 0.274 e. The van der Waals surface area contributed by atoms with E-state index in [1.807, 2.05) is 0 Å². The molecule has 3 rings (SSSR count). The summed E-state index contributed by atoms with van der Waals surface area (Å²) in [5.41, 5.74) is 0.802. The number of carbonyl (C=O) groups is 2. The van der Waals surface area contributed by atoms with Crippen molar-refractivity contribution in [3.8, 4) is 16.9 Å². The van der Waals surface area contributed by atoms with Gasteiger partial charge in [-0.05, 0) is 23.8 Å². The van der Waals surface area contributed by atoms with E-state index in [2.05, 4.69) is 10.3 Å². The fraction of sp³-hybridized carbons (Fsp3) is 0.188. The summed E-state index contributed by atoms with van der Waals surface area (Å²) >= 11 is 0. The molecular weight excluding hydrogens is 303 g/mol. The van der Waals surface area contributed by atoms with Gasteiger partial charge in [0.25, 0.3) is 5.91 Å². The Balaban J connectivity index is 1.73. The van der Waals surface area contributed by atoms with Gasteiger partial charge in [-0.3, -0.25) is 9.59 Å². The molecule has 1 aliphatic heterocycles. The molecule has 1 atom stereocenters. The summed E-state index contributed by atoms with van der Waals surface area (Å²) in [6.45, 7) is 0.191. The van der Waals surface area contributed by atoms with Gasteiger partial charge in [-0.25, -0.2) is 9.37 Å². The largest absolute Gasteiger partial charge is 0.505 e. The summed E-state index contributed by atoms with van der Waals surface area (Å²) in [4.78, 5) is 27.3. The van der Waals surface area contributed by atoms with Gasteiger partial charge in [-0.2, -0.15) is 0 Å². The second kappa shape index (κ2) is 6.13. The van der Waals surface area contributed by atoms with Crippen LogP contribution in [0.3, 0.4) is 0 Å². The number of pyridine rings is 1. The van der Waals surface area contributed by atoms with Gasteiger partial charge < -0.3 is 15.2 Å². The van der Waals surface area contributed by atoms with Crippen molar-refractivity contribution >= 4 is 11.7 Å². The molecule has 1 aromatic carbocycles. The molecule has 6 nitrogen and oxygen atoms in total. The second-order valence-electron chi connectivity index (χ2n) is 5.07.